The van der Waals surface area contributed by atoms with Crippen molar-refractivity contribution in [1.82, 2.24) is 15.1 Å². The Morgan fingerprint density at radius 2 is 2.26 bits per heavy atom. The van der Waals surface area contributed by atoms with Gasteiger partial charge in [0.1, 0.15) is 11.3 Å². The van der Waals surface area contributed by atoms with E-state index >= 15 is 0 Å². The van der Waals surface area contributed by atoms with Gasteiger partial charge in [-0.1, -0.05) is 0 Å². The second-order valence-corrected chi connectivity index (χ2v) is 5.54. The Kier molecular flexibility index (Phi) is 3.96. The van der Waals surface area contributed by atoms with E-state index in [1.807, 2.05) is 0 Å². The van der Waals surface area contributed by atoms with E-state index in [1.165, 1.54) is 12.4 Å². The largest absolute Gasteiger partial charge is 0.619 e. The number of nitrogens with zero attached hydrogens (tertiary/aromatic N) is 3. The van der Waals surface area contributed by atoms with Crippen LogP contribution < -0.4 is 10.5 Å². The summed E-state index contributed by atoms with van der Waals surface area (Å²) in [6.45, 7) is 0.585. The Balaban J connectivity index is 1.88. The van der Waals surface area contributed by atoms with Crippen LogP contribution in [0.3, 0.4) is 0 Å². The zero-order chi connectivity index (χ0) is 16.4. The molecule has 1 unspecified atom stereocenters. The van der Waals surface area contributed by atoms with Crippen LogP contribution in [0.2, 0.25) is 0 Å². The summed E-state index contributed by atoms with van der Waals surface area (Å²) >= 11 is 0. The van der Waals surface area contributed by atoms with Gasteiger partial charge in [-0.15, -0.1) is 0 Å². The number of aromatic amines is 1. The Morgan fingerprint density at radius 3 is 2.96 bits per heavy atom. The van der Waals surface area contributed by atoms with Gasteiger partial charge in [0.25, 0.3) is 11.8 Å². The zero-order valence-electron chi connectivity index (χ0n) is 12.4. The number of hydrogen-bond acceptors (Lipinski definition) is 4. The highest BCUT2D eigenvalue weighted by Crippen LogP contribution is 2.31. The van der Waals surface area contributed by atoms with Crippen LogP contribution in [0.4, 0.5) is 0 Å². The second kappa shape index (κ2) is 6.07. The van der Waals surface area contributed by atoms with Crippen LogP contribution in [0.5, 0.6) is 0 Å². The average Bonchev–Trinajstić information content (AvgIpc) is 3.04. The highest BCUT2D eigenvalue weighted by molar-refractivity contribution is 5.94. The summed E-state index contributed by atoms with van der Waals surface area (Å²) in [5.74, 6) is -0.827. The minimum absolute atomic E-state index is 0.148. The van der Waals surface area contributed by atoms with Crippen molar-refractivity contribution in [1.29, 1.82) is 0 Å². The molecule has 23 heavy (non-hydrogen) atoms. The number of H-pyrrole nitrogens is 1. The molecule has 8 heteroatoms. The quantitative estimate of drug-likeness (QED) is 0.633. The lowest BCUT2D eigenvalue weighted by Crippen LogP contribution is -2.39. The van der Waals surface area contributed by atoms with Gasteiger partial charge in [-0.2, -0.15) is 9.83 Å². The molecule has 0 radical (unpaired) electrons. The first-order chi connectivity index (χ1) is 11.1. The van der Waals surface area contributed by atoms with Crippen LogP contribution in [-0.2, 0) is 0 Å². The van der Waals surface area contributed by atoms with Crippen LogP contribution in [0.1, 0.15) is 51.8 Å². The third kappa shape index (κ3) is 3.01. The molecule has 3 N–H and O–H groups in total. The lowest BCUT2D eigenvalue weighted by molar-refractivity contribution is -0.605. The molecule has 8 nitrogen and oxygen atoms in total. The van der Waals surface area contributed by atoms with Crippen molar-refractivity contribution in [3.8, 4) is 0 Å². The van der Waals surface area contributed by atoms with Crippen LogP contribution in [0.15, 0.2) is 30.6 Å². The molecule has 0 bridgehead atoms. The summed E-state index contributed by atoms with van der Waals surface area (Å²) in [7, 11) is 0. The zero-order valence-corrected chi connectivity index (χ0v) is 12.4. The fraction of sp³-hybridized carbons (Fsp3) is 0.333. The average molecular weight is 315 g/mol. The van der Waals surface area contributed by atoms with Crippen molar-refractivity contribution in [2.75, 3.05) is 6.54 Å². The monoisotopic (exact) mass is 315 g/mol. The summed E-state index contributed by atoms with van der Waals surface area (Å²) < 4.78 is 0.605. The van der Waals surface area contributed by atoms with Gasteiger partial charge < -0.3 is 15.8 Å². The van der Waals surface area contributed by atoms with E-state index in [0.29, 0.717) is 22.5 Å². The molecular formula is C15H17N5O3. The second-order valence-electron chi connectivity index (χ2n) is 5.54. The fourth-order valence-corrected chi connectivity index (χ4v) is 2.88. The first-order valence-corrected chi connectivity index (χ1v) is 7.41. The van der Waals surface area contributed by atoms with Crippen molar-refractivity contribution >= 4 is 11.8 Å². The summed E-state index contributed by atoms with van der Waals surface area (Å²) in [4.78, 5) is 25.6. The van der Waals surface area contributed by atoms with E-state index < -0.39 is 5.91 Å². The lowest BCUT2D eigenvalue weighted by atomic mass is 9.98. The predicted molar refractivity (Wildman–Crippen MR) is 80.1 cm³/mol. The predicted octanol–water partition coefficient (Wildman–Crippen LogP) is 0.509. The standard InChI is InChI=1S/C15H17N5O3/c16-14(21)12-8-11(17-18-12)13-5-1-2-7-20(13)15(22)10-4-3-6-19(23)9-10/h3-4,6,8-9,13H,1-2,5,7H2,(H2,16,21)(H,17,18). The number of piperidine rings is 1. The molecular weight excluding hydrogens is 298 g/mol. The van der Waals surface area contributed by atoms with Gasteiger partial charge in [-0.05, 0) is 31.4 Å². The number of nitrogens with two attached hydrogens (primary N) is 1. The van der Waals surface area contributed by atoms with Gasteiger partial charge in [0.15, 0.2) is 12.4 Å². The summed E-state index contributed by atoms with van der Waals surface area (Å²) in [5.41, 5.74) is 6.38. The van der Waals surface area contributed by atoms with Crippen LogP contribution in [-0.4, -0.2) is 33.5 Å². The molecule has 0 saturated carbocycles. The Hall–Kier alpha value is -2.90. The van der Waals surface area contributed by atoms with Crippen molar-refractivity contribution in [2.24, 2.45) is 5.73 Å². The van der Waals surface area contributed by atoms with E-state index in [-0.39, 0.29) is 17.6 Å². The van der Waals surface area contributed by atoms with E-state index in [9.17, 15) is 14.8 Å². The van der Waals surface area contributed by atoms with Gasteiger partial charge in [-0.25, -0.2) is 0 Å². The van der Waals surface area contributed by atoms with Gasteiger partial charge in [0, 0.05) is 12.6 Å². The summed E-state index contributed by atoms with van der Waals surface area (Å²) in [5, 5.41) is 18.1. The summed E-state index contributed by atoms with van der Waals surface area (Å²) in [6, 6.07) is 4.53. The number of hydrogen-bond donors (Lipinski definition) is 2. The number of primary amides is 1. The number of amides is 2. The molecule has 1 fully saturated rings. The molecule has 3 rings (SSSR count). The number of pyridine rings is 1. The SMILES string of the molecule is NC(=O)c1cc(C2CCCCN2C(=O)c2ccc[n+]([O-])c2)[nH]n1. The van der Waals surface area contributed by atoms with Crippen molar-refractivity contribution < 1.29 is 14.3 Å². The number of likely N-dealkylation sites (tertiary alicyclic amines) is 1. The number of carbonyl (C=O) groups excluding carboxylic acids is 2. The lowest BCUT2D eigenvalue weighted by Gasteiger charge is -2.34. The molecule has 2 aromatic rings. The van der Waals surface area contributed by atoms with Crippen molar-refractivity contribution in [2.45, 2.75) is 25.3 Å². The first-order valence-electron chi connectivity index (χ1n) is 7.41. The Bertz CT molecular complexity index is 742. The number of nitrogens with one attached hydrogen (secondary N) is 1. The van der Waals surface area contributed by atoms with Gasteiger partial charge in [0.2, 0.25) is 0 Å². The van der Waals surface area contributed by atoms with Gasteiger partial charge in [0.05, 0.1) is 11.7 Å². The third-order valence-corrected chi connectivity index (χ3v) is 3.99. The molecule has 1 atom stereocenters. The van der Waals surface area contributed by atoms with E-state index in [2.05, 4.69) is 10.2 Å². The normalized spacial score (nSPS) is 17.9. The van der Waals surface area contributed by atoms with Crippen molar-refractivity contribution in [3.63, 3.8) is 0 Å². The number of aromatic nitrogens is 3. The molecule has 1 aliphatic rings. The van der Waals surface area contributed by atoms with Gasteiger partial charge in [-0.3, -0.25) is 14.7 Å². The molecule has 3 heterocycles. The highest BCUT2D eigenvalue weighted by atomic mass is 16.5. The fourth-order valence-electron chi connectivity index (χ4n) is 2.88. The minimum Gasteiger partial charge on any atom is -0.619 e. The third-order valence-electron chi connectivity index (χ3n) is 3.99. The van der Waals surface area contributed by atoms with E-state index in [4.69, 9.17) is 5.73 Å². The molecule has 1 aliphatic heterocycles. The van der Waals surface area contributed by atoms with E-state index in [1.54, 1.807) is 23.1 Å². The number of carbonyl (C=O) groups is 2. The smallest absolute Gasteiger partial charge is 0.269 e. The molecule has 120 valence electrons. The first kappa shape index (κ1) is 15.0. The topological polar surface area (TPSA) is 119 Å². The maximum absolute atomic E-state index is 12.7. The Morgan fingerprint density at radius 1 is 1.43 bits per heavy atom. The maximum Gasteiger partial charge on any atom is 0.269 e. The highest BCUT2D eigenvalue weighted by Gasteiger charge is 2.31. The molecule has 0 spiro atoms. The van der Waals surface area contributed by atoms with Crippen LogP contribution in [0, 0.1) is 5.21 Å². The molecule has 2 amide bonds. The van der Waals surface area contributed by atoms with Gasteiger partial charge >= 0.3 is 0 Å². The van der Waals surface area contributed by atoms with E-state index in [0.717, 1.165) is 19.3 Å². The van der Waals surface area contributed by atoms with Crippen molar-refractivity contribution in [3.05, 3.63) is 52.8 Å². The maximum atomic E-state index is 12.7. The number of rotatable bonds is 3. The summed E-state index contributed by atoms with van der Waals surface area (Å²) in [6.07, 6.45) is 5.21. The molecule has 0 aromatic carbocycles. The minimum atomic E-state index is -0.614. The van der Waals surface area contributed by atoms with Crippen LogP contribution in [0.25, 0.3) is 0 Å². The molecule has 0 aliphatic carbocycles. The molecule has 2 aromatic heterocycles. The van der Waals surface area contributed by atoms with Crippen LogP contribution >= 0.6 is 0 Å². The molecule has 1 saturated heterocycles. The Labute approximate surface area is 132 Å².